The van der Waals surface area contributed by atoms with Crippen LogP contribution in [-0.2, 0) is 6.42 Å². The predicted octanol–water partition coefficient (Wildman–Crippen LogP) is 4.89. The molecule has 31 heavy (non-hydrogen) atoms. The van der Waals surface area contributed by atoms with E-state index in [4.69, 9.17) is 25.6 Å². The van der Waals surface area contributed by atoms with Gasteiger partial charge in [0.05, 0.1) is 24.8 Å². The Bertz CT molecular complexity index is 1040. The van der Waals surface area contributed by atoms with E-state index in [-0.39, 0.29) is 11.9 Å². The Morgan fingerprint density at radius 3 is 2.58 bits per heavy atom. The van der Waals surface area contributed by atoms with Crippen LogP contribution in [0.25, 0.3) is 11.4 Å². The van der Waals surface area contributed by atoms with Crippen molar-refractivity contribution in [3.8, 4) is 22.9 Å². The van der Waals surface area contributed by atoms with Crippen LogP contribution >= 0.6 is 11.6 Å². The van der Waals surface area contributed by atoms with E-state index in [2.05, 4.69) is 10.1 Å². The normalized spacial score (nSPS) is 11.8. The summed E-state index contributed by atoms with van der Waals surface area (Å²) in [5, 5.41) is 4.51. The molecular formula is C23H26ClN3O4. The highest BCUT2D eigenvalue weighted by Crippen LogP contribution is 2.31. The van der Waals surface area contributed by atoms with Crippen molar-refractivity contribution in [2.24, 2.45) is 0 Å². The first-order valence-electron chi connectivity index (χ1n) is 10.1. The van der Waals surface area contributed by atoms with E-state index < -0.39 is 0 Å². The molecule has 0 aliphatic rings. The summed E-state index contributed by atoms with van der Waals surface area (Å²) in [5.41, 5.74) is 1.24. The Labute approximate surface area is 186 Å². The molecule has 7 nitrogen and oxygen atoms in total. The lowest BCUT2D eigenvalue weighted by atomic mass is 10.1. The number of amides is 1. The SMILES string of the molecule is CCC(C)N(CCc1nc(-c2ccc(OC)c(OC)c2)no1)C(=O)c1ccccc1Cl. The molecule has 0 radical (unpaired) electrons. The number of carbonyl (C=O) groups is 1. The van der Waals surface area contributed by atoms with Crippen LogP contribution < -0.4 is 9.47 Å². The summed E-state index contributed by atoms with van der Waals surface area (Å²) < 4.78 is 16.0. The van der Waals surface area contributed by atoms with Crippen molar-refractivity contribution in [1.29, 1.82) is 0 Å². The Hall–Kier alpha value is -3.06. The maximum Gasteiger partial charge on any atom is 0.255 e. The maximum atomic E-state index is 13.1. The zero-order valence-corrected chi connectivity index (χ0v) is 18.8. The number of benzene rings is 2. The van der Waals surface area contributed by atoms with Gasteiger partial charge in [0.15, 0.2) is 11.5 Å². The van der Waals surface area contributed by atoms with E-state index in [1.54, 1.807) is 55.5 Å². The third-order valence-electron chi connectivity index (χ3n) is 5.16. The van der Waals surface area contributed by atoms with E-state index in [1.807, 2.05) is 19.9 Å². The molecule has 1 aromatic heterocycles. The summed E-state index contributed by atoms with van der Waals surface area (Å²) in [6.07, 6.45) is 1.25. The minimum atomic E-state index is -0.112. The number of hydrogen-bond acceptors (Lipinski definition) is 6. The minimum absolute atomic E-state index is 0.0389. The summed E-state index contributed by atoms with van der Waals surface area (Å²) in [7, 11) is 3.15. The first-order chi connectivity index (χ1) is 15.0. The van der Waals surface area contributed by atoms with Crippen LogP contribution in [0.5, 0.6) is 11.5 Å². The van der Waals surface area contributed by atoms with E-state index >= 15 is 0 Å². The molecule has 2 aromatic carbocycles. The third-order valence-corrected chi connectivity index (χ3v) is 5.49. The lowest BCUT2D eigenvalue weighted by molar-refractivity contribution is 0.0686. The molecule has 3 rings (SSSR count). The van der Waals surface area contributed by atoms with Crippen LogP contribution in [0.1, 0.15) is 36.5 Å². The van der Waals surface area contributed by atoms with Crippen molar-refractivity contribution in [1.82, 2.24) is 15.0 Å². The summed E-state index contributed by atoms with van der Waals surface area (Å²) in [5.74, 6) is 1.99. The van der Waals surface area contributed by atoms with Crippen LogP contribution in [0.4, 0.5) is 0 Å². The van der Waals surface area contributed by atoms with E-state index in [0.29, 0.717) is 46.8 Å². The van der Waals surface area contributed by atoms with Gasteiger partial charge in [0.1, 0.15) is 0 Å². The molecule has 1 amide bonds. The van der Waals surface area contributed by atoms with Gasteiger partial charge in [0, 0.05) is 24.6 Å². The Balaban J connectivity index is 1.75. The molecular weight excluding hydrogens is 418 g/mol. The molecule has 0 bridgehead atoms. The molecule has 0 spiro atoms. The lowest BCUT2D eigenvalue weighted by Gasteiger charge is -2.28. The second-order valence-electron chi connectivity index (χ2n) is 7.07. The highest BCUT2D eigenvalue weighted by Gasteiger charge is 2.23. The third kappa shape index (κ3) is 5.17. The smallest absolute Gasteiger partial charge is 0.255 e. The van der Waals surface area contributed by atoms with Gasteiger partial charge in [-0.05, 0) is 43.7 Å². The Morgan fingerprint density at radius 1 is 1.16 bits per heavy atom. The molecule has 1 heterocycles. The van der Waals surface area contributed by atoms with Crippen LogP contribution in [0.15, 0.2) is 47.0 Å². The molecule has 1 atom stereocenters. The van der Waals surface area contributed by atoms with E-state index in [1.165, 1.54) is 0 Å². The number of halogens is 1. The van der Waals surface area contributed by atoms with Crippen molar-refractivity contribution >= 4 is 17.5 Å². The van der Waals surface area contributed by atoms with E-state index in [0.717, 1.165) is 12.0 Å². The van der Waals surface area contributed by atoms with Crippen LogP contribution in [-0.4, -0.2) is 47.8 Å². The van der Waals surface area contributed by atoms with Gasteiger partial charge in [0.25, 0.3) is 5.91 Å². The number of hydrogen-bond donors (Lipinski definition) is 0. The van der Waals surface area contributed by atoms with Gasteiger partial charge in [-0.25, -0.2) is 0 Å². The number of carbonyl (C=O) groups excluding carboxylic acids is 1. The first kappa shape index (κ1) is 22.6. The molecule has 164 valence electrons. The largest absolute Gasteiger partial charge is 0.493 e. The zero-order valence-electron chi connectivity index (χ0n) is 18.1. The van der Waals surface area contributed by atoms with Gasteiger partial charge in [-0.15, -0.1) is 0 Å². The van der Waals surface area contributed by atoms with Crippen molar-refractivity contribution < 1.29 is 18.8 Å². The fourth-order valence-electron chi connectivity index (χ4n) is 3.20. The fourth-order valence-corrected chi connectivity index (χ4v) is 3.41. The molecule has 8 heteroatoms. The number of nitrogens with zero attached hydrogens (tertiary/aromatic N) is 3. The average molecular weight is 444 g/mol. The van der Waals surface area contributed by atoms with Crippen LogP contribution in [0.3, 0.4) is 0 Å². The average Bonchev–Trinajstić information content (AvgIpc) is 3.27. The molecule has 0 aliphatic carbocycles. The zero-order chi connectivity index (χ0) is 22.4. The monoisotopic (exact) mass is 443 g/mol. The Morgan fingerprint density at radius 2 is 1.90 bits per heavy atom. The molecule has 0 fully saturated rings. The molecule has 0 saturated heterocycles. The van der Waals surface area contributed by atoms with Gasteiger partial charge in [0.2, 0.25) is 11.7 Å². The minimum Gasteiger partial charge on any atom is -0.493 e. The number of methoxy groups -OCH3 is 2. The maximum absolute atomic E-state index is 13.1. The topological polar surface area (TPSA) is 77.7 Å². The van der Waals surface area contributed by atoms with Gasteiger partial charge in [-0.2, -0.15) is 4.98 Å². The Kier molecular flexibility index (Phi) is 7.52. The molecule has 1 unspecified atom stereocenters. The standard InChI is InChI=1S/C23H26ClN3O4/c1-5-15(2)27(23(28)17-8-6-7-9-18(17)24)13-12-21-25-22(26-31-21)16-10-11-19(29-3)20(14-16)30-4/h6-11,14-15H,5,12-13H2,1-4H3. The fraction of sp³-hybridized carbons (Fsp3) is 0.348. The molecule has 0 aliphatic heterocycles. The molecule has 3 aromatic rings. The summed E-state index contributed by atoms with van der Waals surface area (Å²) in [6.45, 7) is 4.49. The molecule has 0 saturated carbocycles. The number of ether oxygens (including phenoxy) is 2. The van der Waals surface area contributed by atoms with Gasteiger partial charge < -0.3 is 18.9 Å². The summed E-state index contributed by atoms with van der Waals surface area (Å²) in [6, 6.07) is 12.5. The van der Waals surface area contributed by atoms with Gasteiger partial charge in [-0.1, -0.05) is 35.8 Å². The van der Waals surface area contributed by atoms with Crippen molar-refractivity contribution in [3.63, 3.8) is 0 Å². The lowest BCUT2D eigenvalue weighted by Crippen LogP contribution is -2.40. The van der Waals surface area contributed by atoms with Crippen molar-refractivity contribution in [2.75, 3.05) is 20.8 Å². The predicted molar refractivity (Wildman–Crippen MR) is 119 cm³/mol. The van der Waals surface area contributed by atoms with Crippen LogP contribution in [0, 0.1) is 0 Å². The quantitative estimate of drug-likeness (QED) is 0.468. The van der Waals surface area contributed by atoms with E-state index in [9.17, 15) is 4.79 Å². The number of aromatic nitrogens is 2. The molecule has 0 N–H and O–H groups in total. The summed E-state index contributed by atoms with van der Waals surface area (Å²) >= 11 is 6.24. The van der Waals surface area contributed by atoms with Gasteiger partial charge >= 0.3 is 0 Å². The first-order valence-corrected chi connectivity index (χ1v) is 10.5. The van der Waals surface area contributed by atoms with Crippen LogP contribution in [0.2, 0.25) is 5.02 Å². The van der Waals surface area contributed by atoms with Crippen molar-refractivity contribution in [3.05, 3.63) is 58.9 Å². The second-order valence-corrected chi connectivity index (χ2v) is 7.47. The summed E-state index contributed by atoms with van der Waals surface area (Å²) in [4.78, 5) is 19.4. The second kappa shape index (κ2) is 10.3. The van der Waals surface area contributed by atoms with Crippen molar-refractivity contribution in [2.45, 2.75) is 32.7 Å². The number of rotatable bonds is 9. The highest BCUT2D eigenvalue weighted by molar-refractivity contribution is 6.33. The van der Waals surface area contributed by atoms with Gasteiger partial charge in [-0.3, -0.25) is 4.79 Å². The highest BCUT2D eigenvalue weighted by atomic mass is 35.5.